The Morgan fingerprint density at radius 2 is 2.17 bits per heavy atom. The molecule has 9 heteroatoms. The van der Waals surface area contributed by atoms with Gasteiger partial charge in [0.1, 0.15) is 10.7 Å². The van der Waals surface area contributed by atoms with Gasteiger partial charge in [-0.3, -0.25) is 4.72 Å². The van der Waals surface area contributed by atoms with E-state index in [1.807, 2.05) is 0 Å². The summed E-state index contributed by atoms with van der Waals surface area (Å²) in [6.07, 6.45) is 3.05. The van der Waals surface area contributed by atoms with Crippen LogP contribution in [-0.4, -0.2) is 25.4 Å². The van der Waals surface area contributed by atoms with Crippen LogP contribution in [0.2, 0.25) is 0 Å². The van der Waals surface area contributed by atoms with Crippen LogP contribution in [0.25, 0.3) is 0 Å². The van der Waals surface area contributed by atoms with Gasteiger partial charge in [-0.25, -0.2) is 18.4 Å². The third-order valence-corrected chi connectivity index (χ3v) is 4.60. The number of hydrogen-bond acceptors (Lipinski definition) is 6. The zero-order chi connectivity index (χ0) is 13.2. The number of pyridine rings is 1. The number of rotatable bonds is 4. The summed E-state index contributed by atoms with van der Waals surface area (Å²) < 4.78 is 27.4. The topological polar surface area (TPSA) is 84.0 Å². The molecule has 0 aliphatic heterocycles. The van der Waals surface area contributed by atoms with Gasteiger partial charge in [0, 0.05) is 29.3 Å². The van der Waals surface area contributed by atoms with E-state index in [0.29, 0.717) is 9.60 Å². The lowest BCUT2D eigenvalue weighted by Crippen LogP contribution is -2.15. The van der Waals surface area contributed by atoms with Crippen LogP contribution in [0.3, 0.4) is 0 Å². The fraction of sp³-hybridized carbons (Fsp3) is 0.111. The lowest BCUT2D eigenvalue weighted by Gasteiger charge is -2.09. The molecule has 6 nitrogen and oxygen atoms in total. The number of aromatic nitrogens is 2. The molecule has 0 amide bonds. The number of nitrogens with zero attached hydrogens (tertiary/aromatic N) is 2. The molecule has 0 aliphatic carbocycles. The molecule has 0 radical (unpaired) electrons. The molecular weight excluding hydrogens is 340 g/mol. The van der Waals surface area contributed by atoms with E-state index in [1.54, 1.807) is 12.4 Å². The third kappa shape index (κ3) is 2.79. The molecule has 2 aromatic rings. The highest BCUT2D eigenvalue weighted by Crippen LogP contribution is 2.25. The maximum Gasteiger partial charge on any atom is 0.267 e. The second-order valence-electron chi connectivity index (χ2n) is 3.19. The zero-order valence-electron chi connectivity index (χ0n) is 9.21. The second kappa shape index (κ2) is 5.21. The van der Waals surface area contributed by atoms with E-state index in [1.165, 1.54) is 29.8 Å². The number of anilines is 2. The Morgan fingerprint density at radius 1 is 1.39 bits per heavy atom. The average Bonchev–Trinajstić information content (AvgIpc) is 2.81. The standard InChI is InChI=1S/C9H9BrN4O2S2/c1-11-8-7(4-6(10)5-13-8)18(15,16)14-9-12-2-3-17-9/h2-5H,1H3,(H,11,13)(H,12,14). The van der Waals surface area contributed by atoms with Crippen molar-refractivity contribution in [1.82, 2.24) is 9.97 Å². The molecule has 0 aliphatic rings. The predicted octanol–water partition coefficient (Wildman–Crippen LogP) is 2.14. The van der Waals surface area contributed by atoms with Crippen molar-refractivity contribution < 1.29 is 8.42 Å². The Hall–Kier alpha value is -1.19. The normalized spacial score (nSPS) is 11.2. The van der Waals surface area contributed by atoms with E-state index in [2.05, 4.69) is 35.9 Å². The maximum atomic E-state index is 12.2. The quantitative estimate of drug-likeness (QED) is 0.884. The van der Waals surface area contributed by atoms with Crippen LogP contribution >= 0.6 is 27.3 Å². The Labute approximate surface area is 117 Å². The minimum absolute atomic E-state index is 0.0644. The van der Waals surface area contributed by atoms with Crippen molar-refractivity contribution in [3.05, 3.63) is 28.3 Å². The van der Waals surface area contributed by atoms with Crippen molar-refractivity contribution in [2.45, 2.75) is 4.90 Å². The van der Waals surface area contributed by atoms with Crippen molar-refractivity contribution in [1.29, 1.82) is 0 Å². The van der Waals surface area contributed by atoms with Crippen LogP contribution in [0.5, 0.6) is 0 Å². The van der Waals surface area contributed by atoms with Gasteiger partial charge in [0.2, 0.25) is 0 Å². The first-order chi connectivity index (χ1) is 8.53. The van der Waals surface area contributed by atoms with E-state index in [9.17, 15) is 8.42 Å². The molecule has 0 unspecified atom stereocenters. The smallest absolute Gasteiger partial charge is 0.267 e. The van der Waals surface area contributed by atoms with Crippen molar-refractivity contribution in [2.24, 2.45) is 0 Å². The van der Waals surface area contributed by atoms with E-state index in [4.69, 9.17) is 0 Å². The summed E-state index contributed by atoms with van der Waals surface area (Å²) in [5.41, 5.74) is 0. The molecule has 2 rings (SSSR count). The summed E-state index contributed by atoms with van der Waals surface area (Å²) >= 11 is 4.41. The number of hydrogen-bond donors (Lipinski definition) is 2. The van der Waals surface area contributed by atoms with Crippen LogP contribution in [0.1, 0.15) is 0 Å². The second-order valence-corrected chi connectivity index (χ2v) is 6.65. The lowest BCUT2D eigenvalue weighted by atomic mass is 10.4. The number of sulfonamides is 1. The van der Waals surface area contributed by atoms with Gasteiger partial charge < -0.3 is 5.32 Å². The molecule has 2 heterocycles. The first-order valence-electron chi connectivity index (χ1n) is 4.78. The molecule has 0 aromatic carbocycles. The van der Waals surface area contributed by atoms with E-state index < -0.39 is 10.0 Å². The van der Waals surface area contributed by atoms with Crippen LogP contribution < -0.4 is 10.0 Å². The van der Waals surface area contributed by atoms with Crippen LogP contribution in [0, 0.1) is 0 Å². The van der Waals surface area contributed by atoms with Crippen LogP contribution in [-0.2, 0) is 10.0 Å². The lowest BCUT2D eigenvalue weighted by molar-refractivity contribution is 0.601. The number of halogens is 1. The monoisotopic (exact) mass is 348 g/mol. The molecule has 0 saturated heterocycles. The Morgan fingerprint density at radius 3 is 2.78 bits per heavy atom. The summed E-state index contributed by atoms with van der Waals surface area (Å²) in [6, 6.07) is 1.48. The fourth-order valence-corrected chi connectivity index (χ4v) is 3.72. The van der Waals surface area contributed by atoms with Crippen molar-refractivity contribution >= 4 is 48.2 Å². The van der Waals surface area contributed by atoms with Gasteiger partial charge in [-0.1, -0.05) is 0 Å². The van der Waals surface area contributed by atoms with Crippen LogP contribution in [0.4, 0.5) is 10.9 Å². The molecule has 18 heavy (non-hydrogen) atoms. The summed E-state index contributed by atoms with van der Waals surface area (Å²) in [4.78, 5) is 7.94. The minimum Gasteiger partial charge on any atom is -0.372 e. The molecule has 0 spiro atoms. The molecule has 0 bridgehead atoms. The largest absolute Gasteiger partial charge is 0.372 e. The van der Waals surface area contributed by atoms with Gasteiger partial charge in [0.25, 0.3) is 10.0 Å². The molecule has 96 valence electrons. The highest BCUT2D eigenvalue weighted by Gasteiger charge is 2.20. The third-order valence-electron chi connectivity index (χ3n) is 2.00. The Kier molecular flexibility index (Phi) is 3.83. The minimum atomic E-state index is -3.71. The van der Waals surface area contributed by atoms with Gasteiger partial charge in [-0.05, 0) is 22.0 Å². The van der Waals surface area contributed by atoms with Crippen molar-refractivity contribution in [3.63, 3.8) is 0 Å². The number of nitrogens with one attached hydrogen (secondary N) is 2. The van der Waals surface area contributed by atoms with E-state index >= 15 is 0 Å². The van der Waals surface area contributed by atoms with Crippen molar-refractivity contribution in [3.8, 4) is 0 Å². The number of thiazole rings is 1. The Bertz CT molecular complexity index is 643. The SMILES string of the molecule is CNc1ncc(Br)cc1S(=O)(=O)Nc1nccs1. The maximum absolute atomic E-state index is 12.2. The van der Waals surface area contributed by atoms with E-state index in [0.717, 1.165) is 0 Å². The van der Waals surface area contributed by atoms with Crippen molar-refractivity contribution in [2.75, 3.05) is 17.1 Å². The average molecular weight is 349 g/mol. The first kappa shape index (κ1) is 13.2. The van der Waals surface area contributed by atoms with Gasteiger partial charge in [0.05, 0.1) is 0 Å². The molecular formula is C9H9BrN4O2S2. The fourth-order valence-electron chi connectivity index (χ4n) is 1.26. The first-order valence-corrected chi connectivity index (χ1v) is 7.94. The Balaban J connectivity index is 2.43. The van der Waals surface area contributed by atoms with Gasteiger partial charge in [-0.2, -0.15) is 0 Å². The predicted molar refractivity (Wildman–Crippen MR) is 74.4 cm³/mol. The summed E-state index contributed by atoms with van der Waals surface area (Å²) in [7, 11) is -2.10. The summed E-state index contributed by atoms with van der Waals surface area (Å²) in [5.74, 6) is 0.280. The van der Waals surface area contributed by atoms with Gasteiger partial charge >= 0.3 is 0 Å². The molecule has 0 fully saturated rings. The summed E-state index contributed by atoms with van der Waals surface area (Å²) in [6.45, 7) is 0. The zero-order valence-corrected chi connectivity index (χ0v) is 12.4. The molecule has 0 saturated carbocycles. The molecule has 2 N–H and O–H groups in total. The summed E-state index contributed by atoms with van der Waals surface area (Å²) in [5, 5.41) is 4.75. The molecule has 2 aromatic heterocycles. The van der Waals surface area contributed by atoms with Crippen LogP contribution in [0.15, 0.2) is 33.2 Å². The molecule has 0 atom stereocenters. The highest BCUT2D eigenvalue weighted by molar-refractivity contribution is 9.10. The highest BCUT2D eigenvalue weighted by atomic mass is 79.9. The van der Waals surface area contributed by atoms with E-state index in [-0.39, 0.29) is 10.7 Å². The van der Waals surface area contributed by atoms with Gasteiger partial charge in [0.15, 0.2) is 5.13 Å². The van der Waals surface area contributed by atoms with Gasteiger partial charge in [-0.15, -0.1) is 11.3 Å².